The lowest BCUT2D eigenvalue weighted by molar-refractivity contribution is -0.143. The number of nitrogens with two attached hydrogens (primary N) is 1. The number of rotatable bonds is 12. The smallest absolute Gasteiger partial charge is 0.328 e. The first-order valence-corrected chi connectivity index (χ1v) is 10.2. The fourth-order valence-electron chi connectivity index (χ4n) is 2.92. The van der Waals surface area contributed by atoms with Crippen molar-refractivity contribution in [2.24, 2.45) is 5.73 Å². The molecule has 4 unspecified atom stereocenters. The van der Waals surface area contributed by atoms with Crippen LogP contribution in [0.3, 0.4) is 0 Å². The Balaban J connectivity index is 2.23. The van der Waals surface area contributed by atoms with E-state index in [9.17, 15) is 24.3 Å². The molecule has 0 aliphatic carbocycles. The summed E-state index contributed by atoms with van der Waals surface area (Å²) in [7, 11) is 0. The summed E-state index contributed by atoms with van der Waals surface area (Å²) >= 11 is 0. The van der Waals surface area contributed by atoms with E-state index in [1.807, 2.05) is 6.07 Å². The largest absolute Gasteiger partial charge is 0.480 e. The summed E-state index contributed by atoms with van der Waals surface area (Å²) in [4.78, 5) is 55.9. The standard InChI is InChI=1S/C21H28N6O6/c1-12(22)18(29)25-15(7-13-5-3-2-4-6-13)19(30)26-16(8-14-9-23-11-24-14)20(31)27-17(10-28)21(32)33/h2-6,9,11-12,15-17,28H,7-8,10,22H2,1H3,(H,23,24)(H,25,29)(H,26,30)(H,27,31)(H,32,33). The Hall–Kier alpha value is -3.77. The number of aliphatic carboxylic acids is 1. The van der Waals surface area contributed by atoms with Gasteiger partial charge in [0.15, 0.2) is 0 Å². The molecule has 0 fully saturated rings. The number of aliphatic hydroxyl groups is 1. The van der Waals surface area contributed by atoms with Gasteiger partial charge in [0.1, 0.15) is 18.1 Å². The summed E-state index contributed by atoms with van der Waals surface area (Å²) in [5, 5.41) is 25.6. The van der Waals surface area contributed by atoms with Crippen LogP contribution in [0.4, 0.5) is 0 Å². The van der Waals surface area contributed by atoms with Crippen LogP contribution in [0, 0.1) is 0 Å². The van der Waals surface area contributed by atoms with E-state index < -0.39 is 54.5 Å². The number of aromatic amines is 1. The zero-order chi connectivity index (χ0) is 24.4. The number of hydrogen-bond donors (Lipinski definition) is 7. The molecule has 12 heteroatoms. The van der Waals surface area contributed by atoms with E-state index in [2.05, 4.69) is 25.9 Å². The first-order chi connectivity index (χ1) is 15.7. The number of carboxylic acid groups (broad SMARTS) is 1. The Labute approximate surface area is 190 Å². The Kier molecular flexibility index (Phi) is 9.51. The number of nitrogens with zero attached hydrogens (tertiary/aromatic N) is 1. The molecule has 0 aliphatic heterocycles. The average molecular weight is 460 g/mol. The molecular weight excluding hydrogens is 432 g/mol. The van der Waals surface area contributed by atoms with Crippen molar-refractivity contribution in [3.63, 3.8) is 0 Å². The monoisotopic (exact) mass is 460 g/mol. The van der Waals surface area contributed by atoms with E-state index >= 15 is 0 Å². The van der Waals surface area contributed by atoms with Gasteiger partial charge in [-0.1, -0.05) is 30.3 Å². The molecule has 12 nitrogen and oxygen atoms in total. The SMILES string of the molecule is CC(N)C(=O)NC(Cc1ccccc1)C(=O)NC(Cc1cnc[nH]1)C(=O)NC(CO)C(=O)O. The van der Waals surface area contributed by atoms with Gasteiger partial charge in [0, 0.05) is 24.7 Å². The van der Waals surface area contributed by atoms with Crippen molar-refractivity contribution in [2.75, 3.05) is 6.61 Å². The molecule has 0 bridgehead atoms. The predicted octanol–water partition coefficient (Wildman–Crippen LogP) is -1.93. The lowest BCUT2D eigenvalue weighted by atomic mass is 10.0. The fourth-order valence-corrected chi connectivity index (χ4v) is 2.92. The number of H-pyrrole nitrogens is 1. The molecule has 0 radical (unpaired) electrons. The molecule has 2 rings (SSSR count). The van der Waals surface area contributed by atoms with Crippen LogP contribution in [-0.4, -0.2) is 74.6 Å². The number of aliphatic hydroxyl groups excluding tert-OH is 1. The van der Waals surface area contributed by atoms with Gasteiger partial charge in [-0.25, -0.2) is 9.78 Å². The van der Waals surface area contributed by atoms with Crippen LogP contribution >= 0.6 is 0 Å². The summed E-state index contributed by atoms with van der Waals surface area (Å²) in [6.45, 7) is 0.648. The van der Waals surface area contributed by atoms with Crippen molar-refractivity contribution >= 4 is 23.7 Å². The third-order valence-corrected chi connectivity index (χ3v) is 4.74. The van der Waals surface area contributed by atoms with Crippen molar-refractivity contribution in [2.45, 2.75) is 43.9 Å². The molecule has 0 saturated heterocycles. The van der Waals surface area contributed by atoms with E-state index in [0.717, 1.165) is 5.56 Å². The molecule has 1 aromatic carbocycles. The molecule has 33 heavy (non-hydrogen) atoms. The molecule has 3 amide bonds. The highest BCUT2D eigenvalue weighted by Gasteiger charge is 2.30. The fraction of sp³-hybridized carbons (Fsp3) is 0.381. The van der Waals surface area contributed by atoms with Crippen molar-refractivity contribution in [3.05, 3.63) is 54.1 Å². The molecular formula is C21H28N6O6. The zero-order valence-electron chi connectivity index (χ0n) is 18.0. The second-order valence-corrected chi connectivity index (χ2v) is 7.46. The van der Waals surface area contributed by atoms with Gasteiger partial charge in [-0.15, -0.1) is 0 Å². The number of hydrogen-bond acceptors (Lipinski definition) is 7. The van der Waals surface area contributed by atoms with Crippen molar-refractivity contribution in [1.82, 2.24) is 25.9 Å². The van der Waals surface area contributed by atoms with E-state index in [-0.39, 0.29) is 12.8 Å². The number of benzene rings is 1. The topological polar surface area (TPSA) is 200 Å². The molecule has 1 heterocycles. The minimum atomic E-state index is -1.54. The summed E-state index contributed by atoms with van der Waals surface area (Å²) < 4.78 is 0. The predicted molar refractivity (Wildman–Crippen MR) is 117 cm³/mol. The van der Waals surface area contributed by atoms with Gasteiger partial charge in [0.05, 0.1) is 19.0 Å². The Morgan fingerprint density at radius 2 is 1.55 bits per heavy atom. The van der Waals surface area contributed by atoms with Crippen molar-refractivity contribution < 1.29 is 29.4 Å². The lowest BCUT2D eigenvalue weighted by Crippen LogP contribution is -2.58. The molecule has 0 aliphatic rings. The summed E-state index contributed by atoms with van der Waals surface area (Å²) in [6, 6.07) is 4.28. The van der Waals surface area contributed by atoms with Gasteiger partial charge in [0.25, 0.3) is 0 Å². The first kappa shape index (κ1) is 25.5. The lowest BCUT2D eigenvalue weighted by Gasteiger charge is -2.24. The minimum Gasteiger partial charge on any atom is -0.480 e. The summed E-state index contributed by atoms with van der Waals surface area (Å²) in [5.74, 6) is -3.46. The van der Waals surface area contributed by atoms with E-state index in [0.29, 0.717) is 5.69 Å². The molecule has 178 valence electrons. The van der Waals surface area contributed by atoms with Gasteiger partial charge in [-0.2, -0.15) is 0 Å². The molecule has 0 saturated carbocycles. The highest BCUT2D eigenvalue weighted by Crippen LogP contribution is 2.06. The zero-order valence-corrected chi connectivity index (χ0v) is 18.0. The minimum absolute atomic E-state index is 0.0331. The number of carbonyl (C=O) groups is 4. The molecule has 1 aromatic heterocycles. The molecule has 8 N–H and O–H groups in total. The normalized spacial score (nSPS) is 14.4. The van der Waals surface area contributed by atoms with Gasteiger partial charge < -0.3 is 36.9 Å². The van der Waals surface area contributed by atoms with Gasteiger partial charge in [-0.3, -0.25) is 14.4 Å². The van der Waals surface area contributed by atoms with Crippen LogP contribution < -0.4 is 21.7 Å². The molecule has 2 aromatic rings. The number of amides is 3. The van der Waals surface area contributed by atoms with E-state index in [1.54, 1.807) is 24.3 Å². The Bertz CT molecular complexity index is 934. The van der Waals surface area contributed by atoms with Crippen LogP contribution in [0.1, 0.15) is 18.2 Å². The second kappa shape index (κ2) is 12.3. The van der Waals surface area contributed by atoms with Crippen LogP contribution in [-0.2, 0) is 32.0 Å². The van der Waals surface area contributed by atoms with Crippen LogP contribution in [0.2, 0.25) is 0 Å². The number of nitrogens with one attached hydrogen (secondary N) is 4. The Morgan fingerprint density at radius 3 is 2.06 bits per heavy atom. The van der Waals surface area contributed by atoms with E-state index in [1.165, 1.54) is 19.4 Å². The van der Waals surface area contributed by atoms with E-state index in [4.69, 9.17) is 10.8 Å². The van der Waals surface area contributed by atoms with Crippen molar-refractivity contribution in [1.29, 1.82) is 0 Å². The average Bonchev–Trinajstić information content (AvgIpc) is 3.29. The maximum absolute atomic E-state index is 13.1. The van der Waals surface area contributed by atoms with Crippen molar-refractivity contribution in [3.8, 4) is 0 Å². The van der Waals surface area contributed by atoms with Crippen LogP contribution in [0.15, 0.2) is 42.9 Å². The van der Waals surface area contributed by atoms with Crippen LogP contribution in [0.25, 0.3) is 0 Å². The maximum Gasteiger partial charge on any atom is 0.328 e. The molecule has 0 spiro atoms. The molecule has 4 atom stereocenters. The highest BCUT2D eigenvalue weighted by atomic mass is 16.4. The quantitative estimate of drug-likeness (QED) is 0.190. The maximum atomic E-state index is 13.1. The van der Waals surface area contributed by atoms with Crippen LogP contribution in [0.5, 0.6) is 0 Å². The summed E-state index contributed by atoms with van der Waals surface area (Å²) in [6.07, 6.45) is 2.94. The van der Waals surface area contributed by atoms with Gasteiger partial charge in [-0.05, 0) is 12.5 Å². The number of carbonyl (C=O) groups excluding carboxylic acids is 3. The number of imidazole rings is 1. The number of aromatic nitrogens is 2. The summed E-state index contributed by atoms with van der Waals surface area (Å²) in [5.41, 5.74) is 6.89. The third-order valence-electron chi connectivity index (χ3n) is 4.74. The van der Waals surface area contributed by atoms with Gasteiger partial charge in [0.2, 0.25) is 17.7 Å². The first-order valence-electron chi connectivity index (χ1n) is 10.2. The van der Waals surface area contributed by atoms with Gasteiger partial charge >= 0.3 is 5.97 Å². The third kappa shape index (κ3) is 8.01. The second-order valence-electron chi connectivity index (χ2n) is 7.46. The number of carboxylic acids is 1. The highest BCUT2D eigenvalue weighted by molar-refractivity contribution is 5.94. The Morgan fingerprint density at radius 1 is 0.970 bits per heavy atom.